The molecule has 0 saturated heterocycles. The normalized spacial score (nSPS) is 16.7. The minimum Gasteiger partial charge on any atom is -0.401 e. The van der Waals surface area contributed by atoms with Crippen LogP contribution in [0.4, 0.5) is 0 Å². The van der Waals surface area contributed by atoms with Crippen LogP contribution in [-0.4, -0.2) is 18.0 Å². The summed E-state index contributed by atoms with van der Waals surface area (Å²) in [4.78, 5) is 2.16. The maximum Gasteiger partial charge on any atom is 0.0979 e. The Morgan fingerprint density at radius 1 is 1.39 bits per heavy atom. The number of hydrogen-bond acceptors (Lipinski definition) is 3. The summed E-state index contributed by atoms with van der Waals surface area (Å²) in [5.41, 5.74) is 8.16. The second-order valence-corrected chi connectivity index (χ2v) is 5.16. The Morgan fingerprint density at radius 3 is 2.83 bits per heavy atom. The highest BCUT2D eigenvalue weighted by molar-refractivity contribution is 6.35. The van der Waals surface area contributed by atoms with E-state index in [4.69, 9.17) is 34.2 Å². The van der Waals surface area contributed by atoms with Crippen LogP contribution in [0.5, 0.6) is 0 Å². The van der Waals surface area contributed by atoms with Crippen molar-refractivity contribution in [3.8, 4) is 6.07 Å². The van der Waals surface area contributed by atoms with E-state index in [0.29, 0.717) is 34.4 Å². The number of hydrogen-bond donors (Lipinski definition) is 1. The van der Waals surface area contributed by atoms with Gasteiger partial charge in [0.1, 0.15) is 0 Å². The highest BCUT2D eigenvalue weighted by atomic mass is 35.5. The van der Waals surface area contributed by atoms with E-state index in [9.17, 15) is 0 Å². The van der Waals surface area contributed by atoms with Crippen molar-refractivity contribution in [3.63, 3.8) is 0 Å². The third-order valence-electron chi connectivity index (χ3n) is 3.01. The SMILES string of the molecule is N#CC1=C(N)CCN(Cc2ccc(Cl)cc2Cl)C1. The van der Waals surface area contributed by atoms with E-state index in [2.05, 4.69) is 11.0 Å². The summed E-state index contributed by atoms with van der Waals surface area (Å²) in [6, 6.07) is 7.62. The molecular weight excluding hydrogens is 269 g/mol. The van der Waals surface area contributed by atoms with Gasteiger partial charge in [0.2, 0.25) is 0 Å². The standard InChI is InChI=1S/C13H13Cl2N3/c14-11-2-1-9(12(15)5-11)7-18-4-3-13(17)10(6-16)8-18/h1-2,5H,3-4,7-8,17H2. The van der Waals surface area contributed by atoms with Crippen LogP contribution in [-0.2, 0) is 6.54 Å². The average Bonchev–Trinajstić information content (AvgIpc) is 2.35. The van der Waals surface area contributed by atoms with Gasteiger partial charge < -0.3 is 5.73 Å². The van der Waals surface area contributed by atoms with Crippen molar-refractivity contribution in [2.24, 2.45) is 5.73 Å². The van der Waals surface area contributed by atoms with Gasteiger partial charge in [-0.05, 0) is 17.7 Å². The second kappa shape index (κ2) is 5.62. The van der Waals surface area contributed by atoms with Crippen molar-refractivity contribution in [2.45, 2.75) is 13.0 Å². The van der Waals surface area contributed by atoms with Crippen LogP contribution in [0, 0.1) is 11.3 Å². The van der Waals surface area contributed by atoms with Gasteiger partial charge in [-0.2, -0.15) is 5.26 Å². The summed E-state index contributed by atoms with van der Waals surface area (Å²) in [5.74, 6) is 0. The van der Waals surface area contributed by atoms with Gasteiger partial charge in [-0.1, -0.05) is 29.3 Å². The van der Waals surface area contributed by atoms with Crippen LogP contribution in [0.15, 0.2) is 29.5 Å². The molecule has 3 nitrogen and oxygen atoms in total. The first-order valence-electron chi connectivity index (χ1n) is 5.64. The monoisotopic (exact) mass is 281 g/mol. The molecule has 2 N–H and O–H groups in total. The van der Waals surface area contributed by atoms with Crippen LogP contribution < -0.4 is 5.73 Å². The molecule has 1 aromatic carbocycles. The summed E-state index contributed by atoms with van der Waals surface area (Å²) < 4.78 is 0. The number of halogens is 2. The maximum absolute atomic E-state index is 8.98. The van der Waals surface area contributed by atoms with Gasteiger partial charge in [0.05, 0.1) is 11.6 Å². The van der Waals surface area contributed by atoms with Crippen LogP contribution in [0.1, 0.15) is 12.0 Å². The molecule has 0 aromatic heterocycles. The molecule has 0 atom stereocenters. The van der Waals surface area contributed by atoms with Crippen molar-refractivity contribution in [1.82, 2.24) is 4.90 Å². The van der Waals surface area contributed by atoms with Crippen LogP contribution >= 0.6 is 23.2 Å². The Kier molecular flexibility index (Phi) is 4.13. The zero-order valence-electron chi connectivity index (χ0n) is 9.79. The Hall–Kier alpha value is -1.21. The molecule has 1 aliphatic heterocycles. The van der Waals surface area contributed by atoms with E-state index in [1.54, 1.807) is 6.07 Å². The van der Waals surface area contributed by atoms with Crippen molar-refractivity contribution < 1.29 is 0 Å². The first-order valence-corrected chi connectivity index (χ1v) is 6.39. The van der Waals surface area contributed by atoms with E-state index in [0.717, 1.165) is 18.5 Å². The van der Waals surface area contributed by atoms with Crippen LogP contribution in [0.3, 0.4) is 0 Å². The van der Waals surface area contributed by atoms with Gasteiger partial charge in [-0.15, -0.1) is 0 Å². The van der Waals surface area contributed by atoms with E-state index >= 15 is 0 Å². The average molecular weight is 282 g/mol. The van der Waals surface area contributed by atoms with Crippen LogP contribution in [0.2, 0.25) is 10.0 Å². The lowest BCUT2D eigenvalue weighted by Crippen LogP contribution is -2.32. The molecule has 0 bridgehead atoms. The van der Waals surface area contributed by atoms with Gasteiger partial charge >= 0.3 is 0 Å². The molecule has 1 aromatic rings. The molecule has 0 fully saturated rings. The van der Waals surface area contributed by atoms with Crippen molar-refractivity contribution in [3.05, 3.63) is 45.1 Å². The quantitative estimate of drug-likeness (QED) is 0.907. The summed E-state index contributed by atoms with van der Waals surface area (Å²) in [5, 5.41) is 10.3. The number of rotatable bonds is 2. The Balaban J connectivity index is 2.10. The van der Waals surface area contributed by atoms with Crippen molar-refractivity contribution in [1.29, 1.82) is 5.26 Å². The summed E-state index contributed by atoms with van der Waals surface area (Å²) >= 11 is 12.0. The Morgan fingerprint density at radius 2 is 2.17 bits per heavy atom. The van der Waals surface area contributed by atoms with E-state index in [1.165, 1.54) is 0 Å². The third kappa shape index (κ3) is 2.97. The Labute approximate surface area is 116 Å². The van der Waals surface area contributed by atoms with E-state index in [1.807, 2.05) is 12.1 Å². The predicted molar refractivity (Wildman–Crippen MR) is 73.2 cm³/mol. The zero-order chi connectivity index (χ0) is 13.1. The third-order valence-corrected chi connectivity index (χ3v) is 3.60. The Bertz CT molecular complexity index is 532. The second-order valence-electron chi connectivity index (χ2n) is 4.31. The van der Waals surface area contributed by atoms with Gasteiger partial charge in [0.25, 0.3) is 0 Å². The molecular formula is C13H13Cl2N3. The molecule has 1 heterocycles. The highest BCUT2D eigenvalue weighted by Gasteiger charge is 2.18. The fourth-order valence-corrected chi connectivity index (χ4v) is 2.43. The summed E-state index contributed by atoms with van der Waals surface area (Å²) in [6.45, 7) is 2.13. The predicted octanol–water partition coefficient (Wildman–Crippen LogP) is 2.94. The molecule has 0 unspecified atom stereocenters. The molecule has 18 heavy (non-hydrogen) atoms. The first kappa shape index (κ1) is 13.2. The molecule has 0 aliphatic carbocycles. The first-order chi connectivity index (χ1) is 8.60. The lowest BCUT2D eigenvalue weighted by Gasteiger charge is -2.27. The lowest BCUT2D eigenvalue weighted by atomic mass is 10.1. The molecule has 1 aliphatic rings. The largest absolute Gasteiger partial charge is 0.401 e. The molecule has 0 spiro atoms. The number of nitrogens with two attached hydrogens (primary N) is 1. The summed E-state index contributed by atoms with van der Waals surface area (Å²) in [6.07, 6.45) is 0.730. The molecule has 0 radical (unpaired) electrons. The number of nitriles is 1. The van der Waals surface area contributed by atoms with Crippen molar-refractivity contribution >= 4 is 23.2 Å². The zero-order valence-corrected chi connectivity index (χ0v) is 11.3. The molecule has 94 valence electrons. The fourth-order valence-electron chi connectivity index (χ4n) is 1.97. The van der Waals surface area contributed by atoms with Gasteiger partial charge in [-0.25, -0.2) is 0 Å². The topological polar surface area (TPSA) is 53.1 Å². The van der Waals surface area contributed by atoms with E-state index in [-0.39, 0.29) is 0 Å². The highest BCUT2D eigenvalue weighted by Crippen LogP contribution is 2.24. The van der Waals surface area contributed by atoms with E-state index < -0.39 is 0 Å². The molecule has 0 saturated carbocycles. The fraction of sp³-hybridized carbons (Fsp3) is 0.308. The molecule has 2 rings (SSSR count). The van der Waals surface area contributed by atoms with Gasteiger partial charge in [0, 0.05) is 41.8 Å². The number of nitrogens with zero attached hydrogens (tertiary/aromatic N) is 2. The van der Waals surface area contributed by atoms with Gasteiger partial charge in [-0.3, -0.25) is 4.90 Å². The molecule has 5 heteroatoms. The minimum absolute atomic E-state index is 0.585. The maximum atomic E-state index is 8.98. The van der Waals surface area contributed by atoms with Crippen molar-refractivity contribution in [2.75, 3.05) is 13.1 Å². The smallest absolute Gasteiger partial charge is 0.0979 e. The molecule has 0 amide bonds. The lowest BCUT2D eigenvalue weighted by molar-refractivity contribution is 0.280. The number of benzene rings is 1. The minimum atomic E-state index is 0.585. The van der Waals surface area contributed by atoms with Gasteiger partial charge in [0.15, 0.2) is 0 Å². The van der Waals surface area contributed by atoms with Crippen LogP contribution in [0.25, 0.3) is 0 Å². The summed E-state index contributed by atoms with van der Waals surface area (Å²) in [7, 11) is 0.